The van der Waals surface area contributed by atoms with Crippen molar-refractivity contribution >= 4 is 84.5 Å². The number of thiazole rings is 1. The van der Waals surface area contributed by atoms with E-state index in [1.54, 1.807) is 53.6 Å². The molecule has 3 fully saturated rings. The number of ketones is 1. The Bertz CT molecular complexity index is 2360. The summed E-state index contributed by atoms with van der Waals surface area (Å²) >= 11 is 20.8. The second-order valence-electron chi connectivity index (χ2n) is 16.2. The summed E-state index contributed by atoms with van der Waals surface area (Å²) in [6, 6.07) is 9.51. The Hall–Kier alpha value is -3.75. The first kappa shape index (κ1) is 41.4. The molecule has 2 saturated carbocycles. The van der Waals surface area contributed by atoms with Crippen LogP contribution < -0.4 is 14.2 Å². The second kappa shape index (κ2) is 15.8. The van der Waals surface area contributed by atoms with Crippen LogP contribution in [0, 0.1) is 22.7 Å². The van der Waals surface area contributed by atoms with Crippen LogP contribution in [0.5, 0.6) is 11.6 Å². The molecule has 11 nitrogen and oxygen atoms in total. The number of carbonyl (C=O) groups is 3. The van der Waals surface area contributed by atoms with Crippen LogP contribution in [0.15, 0.2) is 60.6 Å². The van der Waals surface area contributed by atoms with Crippen molar-refractivity contribution in [1.82, 2.24) is 19.6 Å². The zero-order valence-corrected chi connectivity index (χ0v) is 35.8. The smallest absolute Gasteiger partial charge is 0.240 e. The molecule has 0 radical (unpaired) electrons. The van der Waals surface area contributed by atoms with Crippen LogP contribution in [0.4, 0.5) is 0 Å². The summed E-state index contributed by atoms with van der Waals surface area (Å²) in [7, 11) is -2.32. The zero-order chi connectivity index (χ0) is 41.0. The molecular weight excluding hydrogens is 831 g/mol. The summed E-state index contributed by atoms with van der Waals surface area (Å²) in [5.41, 5.74) is -0.667. The number of fused-ring (bicyclic) bond motifs is 1. The Labute approximate surface area is 351 Å². The number of aromatic nitrogens is 2. The molecule has 0 unspecified atom stereocenters. The second-order valence-corrected chi connectivity index (χ2v) is 20.3. The topological polar surface area (TPSA) is 145 Å². The number of ether oxygens (including phenoxy) is 2. The van der Waals surface area contributed by atoms with E-state index in [0.29, 0.717) is 55.3 Å². The van der Waals surface area contributed by atoms with Crippen molar-refractivity contribution in [3.8, 4) is 22.9 Å². The molecule has 0 spiro atoms. The lowest BCUT2D eigenvalue weighted by atomic mass is 9.77. The maximum Gasteiger partial charge on any atom is 0.240 e. The normalized spacial score (nSPS) is 22.6. The van der Waals surface area contributed by atoms with Gasteiger partial charge in [0.2, 0.25) is 27.7 Å². The molecule has 2 amide bonds. The SMILES string of the molecule is C=C[C@@H]1C[C@]1(CC(=O)[C@@H]1C[C@@H](Oc2ncc(OC)c3ccc(Cl)cc23)CN1C(=O)[C@@H](Cc1nc(-c2c(Cl)cccc2Cl)cs1)C(C)(C)C)C(=O)NS(=O)(=O)C1CC1. The van der Waals surface area contributed by atoms with Crippen LogP contribution in [0.2, 0.25) is 15.1 Å². The molecule has 2 aliphatic carbocycles. The van der Waals surface area contributed by atoms with E-state index in [1.807, 2.05) is 26.2 Å². The first-order chi connectivity index (χ1) is 26.9. The van der Waals surface area contributed by atoms with Crippen molar-refractivity contribution < 1.29 is 32.3 Å². The number of nitrogens with one attached hydrogen (secondary N) is 1. The van der Waals surface area contributed by atoms with Crippen LogP contribution in [0.3, 0.4) is 0 Å². The maximum atomic E-state index is 15.0. The van der Waals surface area contributed by atoms with Crippen LogP contribution in [-0.4, -0.2) is 71.9 Å². The van der Waals surface area contributed by atoms with E-state index in [9.17, 15) is 22.8 Å². The number of carbonyl (C=O) groups excluding carboxylic acids is 3. The van der Waals surface area contributed by atoms with Crippen LogP contribution >= 0.6 is 46.1 Å². The number of nitrogens with zero attached hydrogens (tertiary/aromatic N) is 3. The quantitative estimate of drug-likeness (QED) is 0.124. The lowest BCUT2D eigenvalue weighted by Gasteiger charge is -2.35. The Kier molecular flexibility index (Phi) is 11.5. The number of hydrogen-bond donors (Lipinski definition) is 1. The lowest BCUT2D eigenvalue weighted by Crippen LogP contribution is -2.48. The lowest BCUT2D eigenvalue weighted by molar-refractivity contribution is -0.144. The summed E-state index contributed by atoms with van der Waals surface area (Å²) < 4.78 is 39.9. The van der Waals surface area contributed by atoms with Gasteiger partial charge >= 0.3 is 0 Å². The highest BCUT2D eigenvalue weighted by molar-refractivity contribution is 7.90. The Balaban J connectivity index is 1.20. The molecule has 7 rings (SSSR count). The molecule has 302 valence electrons. The van der Waals surface area contributed by atoms with E-state index in [1.165, 1.54) is 18.4 Å². The summed E-state index contributed by atoms with van der Waals surface area (Å²) in [5, 5.41) is 4.63. The average molecular weight is 874 g/mol. The first-order valence-corrected chi connectivity index (χ1v) is 22.2. The standard InChI is InChI=1S/C41H43Cl3N4O7S2/c1-6-22-17-41(22,39(51)47-57(52,53)25-11-12-25)18-33(49)32-15-24(55-37-27-14-23(42)10-13-26(27)34(54-5)19-45-37)20-48(32)38(50)28(40(2,3)4)16-35-46-31(21-56-35)36-29(43)8-7-9-30(36)44/h6-10,13-14,19,21-22,24-25,28,32H,1,11-12,15-18,20H2,2-5H3,(H,47,51)/t22-,24-,28-,32+,41-/m1/s1. The predicted molar refractivity (Wildman–Crippen MR) is 223 cm³/mol. The number of likely N-dealkylation sites (tertiary alicyclic amines) is 1. The number of methoxy groups -OCH3 is 1. The number of pyridine rings is 1. The van der Waals surface area contributed by atoms with Gasteiger partial charge in [0.15, 0.2) is 5.78 Å². The van der Waals surface area contributed by atoms with E-state index in [-0.39, 0.29) is 49.8 Å². The molecule has 16 heteroatoms. The van der Waals surface area contributed by atoms with Crippen LogP contribution in [0.1, 0.15) is 57.9 Å². The molecule has 4 aromatic rings. The Morgan fingerprint density at radius 3 is 2.47 bits per heavy atom. The Morgan fingerprint density at radius 1 is 1.12 bits per heavy atom. The van der Waals surface area contributed by atoms with Gasteiger partial charge in [0.25, 0.3) is 0 Å². The number of amides is 2. The zero-order valence-electron chi connectivity index (χ0n) is 31.9. The molecule has 1 aliphatic heterocycles. The monoisotopic (exact) mass is 872 g/mol. The minimum absolute atomic E-state index is 0.0517. The van der Waals surface area contributed by atoms with Crippen molar-refractivity contribution in [2.45, 2.75) is 76.7 Å². The van der Waals surface area contributed by atoms with Gasteiger partial charge in [-0.05, 0) is 60.9 Å². The number of halogens is 3. The molecule has 57 heavy (non-hydrogen) atoms. The molecular formula is C41H43Cl3N4O7S2. The highest BCUT2D eigenvalue weighted by Gasteiger charge is 2.61. The largest absolute Gasteiger partial charge is 0.494 e. The fourth-order valence-electron chi connectivity index (χ4n) is 7.72. The number of hydrogen-bond acceptors (Lipinski definition) is 10. The number of sulfonamides is 1. The fraction of sp³-hybridized carbons (Fsp3) is 0.439. The summed E-state index contributed by atoms with van der Waals surface area (Å²) in [4.78, 5) is 54.1. The molecule has 1 saturated heterocycles. The summed E-state index contributed by atoms with van der Waals surface area (Å²) in [6.07, 6.45) is 3.79. The van der Waals surface area contributed by atoms with Crippen molar-refractivity contribution in [1.29, 1.82) is 0 Å². The van der Waals surface area contributed by atoms with Gasteiger partial charge in [0, 0.05) is 51.9 Å². The van der Waals surface area contributed by atoms with E-state index in [0.717, 1.165) is 5.39 Å². The number of rotatable bonds is 14. The van der Waals surface area contributed by atoms with Crippen LogP contribution in [-0.2, 0) is 30.8 Å². The minimum Gasteiger partial charge on any atom is -0.494 e. The van der Waals surface area contributed by atoms with Crippen molar-refractivity contribution in [3.05, 3.63) is 80.7 Å². The molecule has 2 aromatic carbocycles. The maximum absolute atomic E-state index is 15.0. The van der Waals surface area contributed by atoms with Gasteiger partial charge in [-0.2, -0.15) is 0 Å². The minimum atomic E-state index is -3.86. The molecule has 3 aliphatic rings. The van der Waals surface area contributed by atoms with Gasteiger partial charge < -0.3 is 14.4 Å². The highest BCUT2D eigenvalue weighted by Crippen LogP contribution is 2.57. The Morgan fingerprint density at radius 2 is 1.84 bits per heavy atom. The number of Topliss-reactive ketones (excluding diaryl/α,β-unsaturated/α-hetero) is 1. The number of benzene rings is 2. The van der Waals surface area contributed by atoms with Crippen LogP contribution in [0.25, 0.3) is 22.0 Å². The summed E-state index contributed by atoms with van der Waals surface area (Å²) in [5.74, 6) is -1.61. The third-order valence-electron chi connectivity index (χ3n) is 11.2. The van der Waals surface area contributed by atoms with E-state index >= 15 is 0 Å². The van der Waals surface area contributed by atoms with Gasteiger partial charge in [-0.15, -0.1) is 17.9 Å². The van der Waals surface area contributed by atoms with Crippen molar-refractivity contribution in [2.24, 2.45) is 22.7 Å². The molecule has 0 bridgehead atoms. The van der Waals surface area contributed by atoms with Crippen molar-refractivity contribution in [2.75, 3.05) is 13.7 Å². The van der Waals surface area contributed by atoms with Gasteiger partial charge in [0.1, 0.15) is 11.9 Å². The predicted octanol–water partition coefficient (Wildman–Crippen LogP) is 8.34. The summed E-state index contributed by atoms with van der Waals surface area (Å²) in [6.45, 7) is 9.79. The van der Waals surface area contributed by atoms with Gasteiger partial charge in [-0.25, -0.2) is 18.4 Å². The third kappa shape index (κ3) is 8.41. The molecule has 2 aromatic heterocycles. The highest BCUT2D eigenvalue weighted by atomic mass is 35.5. The third-order valence-corrected chi connectivity index (χ3v) is 14.8. The molecule has 3 heterocycles. The molecule has 1 N–H and O–H groups in total. The number of allylic oxidation sites excluding steroid dienone is 1. The van der Waals surface area contributed by atoms with E-state index in [2.05, 4.69) is 16.3 Å². The van der Waals surface area contributed by atoms with Gasteiger partial charge in [-0.3, -0.25) is 19.1 Å². The van der Waals surface area contributed by atoms with Gasteiger partial charge in [-0.1, -0.05) is 67.7 Å². The average Bonchev–Trinajstić information content (AvgIpc) is 4.04. The van der Waals surface area contributed by atoms with E-state index in [4.69, 9.17) is 49.3 Å². The van der Waals surface area contributed by atoms with Gasteiger partial charge in [0.05, 0.1) is 57.3 Å². The molecule has 5 atom stereocenters. The first-order valence-electron chi connectivity index (χ1n) is 18.6. The fourth-order valence-corrected chi connectivity index (χ4v) is 10.7. The van der Waals surface area contributed by atoms with Crippen molar-refractivity contribution in [3.63, 3.8) is 0 Å². The van der Waals surface area contributed by atoms with E-state index < -0.39 is 56.0 Å².